The predicted molar refractivity (Wildman–Crippen MR) is 160 cm³/mol. The highest BCUT2D eigenvalue weighted by atomic mass is 16.6. The molecule has 47 heavy (non-hydrogen) atoms. The lowest BCUT2D eigenvalue weighted by molar-refractivity contribution is -0.213. The first-order chi connectivity index (χ1) is 21.9. The highest BCUT2D eigenvalue weighted by Gasteiger charge is 2.82. The summed E-state index contributed by atoms with van der Waals surface area (Å²) in [6.07, 6.45) is 2.22. The van der Waals surface area contributed by atoms with Crippen LogP contribution in [0, 0.1) is 29.1 Å². The van der Waals surface area contributed by atoms with Gasteiger partial charge in [0, 0.05) is 58.3 Å². The van der Waals surface area contributed by atoms with E-state index in [1.165, 1.54) is 39.2 Å². The Balaban J connectivity index is 1.88. The van der Waals surface area contributed by atoms with Gasteiger partial charge in [-0.15, -0.1) is 0 Å². The van der Waals surface area contributed by atoms with Gasteiger partial charge in [-0.05, 0) is 44.9 Å². The van der Waals surface area contributed by atoms with Crippen molar-refractivity contribution in [2.24, 2.45) is 29.1 Å². The van der Waals surface area contributed by atoms with Crippen molar-refractivity contribution >= 4 is 35.6 Å². The molecule has 3 fully saturated rings. The van der Waals surface area contributed by atoms with Crippen LogP contribution in [0.4, 0.5) is 0 Å². The van der Waals surface area contributed by atoms with Gasteiger partial charge in [0.05, 0.1) is 22.5 Å². The number of ketones is 1. The molecule has 0 bridgehead atoms. The van der Waals surface area contributed by atoms with Crippen molar-refractivity contribution in [3.05, 3.63) is 42.2 Å². The van der Waals surface area contributed by atoms with E-state index in [-0.39, 0.29) is 12.0 Å². The number of hydrogen-bond acceptors (Lipinski definition) is 13. The van der Waals surface area contributed by atoms with Gasteiger partial charge in [-0.25, -0.2) is 4.79 Å². The number of rotatable bonds is 7. The van der Waals surface area contributed by atoms with Crippen molar-refractivity contribution in [3.63, 3.8) is 0 Å². The number of nitrogens with zero attached hydrogens (tertiary/aromatic N) is 1. The molecule has 2 saturated carbocycles. The van der Waals surface area contributed by atoms with Crippen LogP contribution in [0.2, 0.25) is 0 Å². The second kappa shape index (κ2) is 11.8. The number of Topliss-reactive ketones (excluding diaryl/α,β-unsaturated/α-hetero) is 1. The van der Waals surface area contributed by atoms with Crippen LogP contribution in [-0.2, 0) is 52.4 Å². The molecule has 1 saturated heterocycles. The zero-order valence-corrected chi connectivity index (χ0v) is 27.8. The molecule has 1 aromatic rings. The van der Waals surface area contributed by atoms with Crippen LogP contribution in [0.5, 0.6) is 0 Å². The summed E-state index contributed by atoms with van der Waals surface area (Å²) < 4.78 is 36.7. The molecule has 13 heteroatoms. The summed E-state index contributed by atoms with van der Waals surface area (Å²) in [6, 6.07) is 3.07. The zero-order valence-electron chi connectivity index (χ0n) is 27.8. The second-order valence-electron chi connectivity index (χ2n) is 13.8. The van der Waals surface area contributed by atoms with E-state index < -0.39 is 106 Å². The Hall–Kier alpha value is -4.13. The summed E-state index contributed by atoms with van der Waals surface area (Å²) in [6.45, 7) is 11.1. The van der Waals surface area contributed by atoms with Crippen molar-refractivity contribution in [3.8, 4) is 0 Å². The van der Waals surface area contributed by atoms with E-state index in [0.717, 1.165) is 6.92 Å². The SMILES string of the molecule is CC(=O)OC[C@@]12[C@H](OC(C)=O)[C@H]3[C@@H](OC(C)=O)[C@@H](C)C[C@]3(OC(C)=O)C(=O)[C@@]3(C)OC(C)(C)[C@@H](C=C[C@H]1OC(=O)c1cccnc1)[C@H]23. The number of esters is 5. The van der Waals surface area contributed by atoms with Crippen LogP contribution in [0.25, 0.3) is 0 Å². The van der Waals surface area contributed by atoms with Crippen LogP contribution in [0.15, 0.2) is 36.7 Å². The number of hydrogen-bond donors (Lipinski definition) is 0. The topological polar surface area (TPSA) is 171 Å². The maximum atomic E-state index is 15.3. The van der Waals surface area contributed by atoms with Crippen LogP contribution in [-0.4, -0.2) is 82.3 Å². The van der Waals surface area contributed by atoms with Crippen molar-refractivity contribution in [1.29, 1.82) is 0 Å². The van der Waals surface area contributed by atoms with Gasteiger partial charge in [0.1, 0.15) is 30.5 Å². The van der Waals surface area contributed by atoms with E-state index in [4.69, 9.17) is 28.4 Å². The molecule has 0 N–H and O–H groups in total. The molecule has 2 heterocycles. The number of fused-ring (bicyclic) bond motifs is 1. The van der Waals surface area contributed by atoms with Crippen molar-refractivity contribution in [1.82, 2.24) is 4.98 Å². The van der Waals surface area contributed by atoms with E-state index in [1.807, 2.05) is 0 Å². The van der Waals surface area contributed by atoms with Crippen LogP contribution >= 0.6 is 0 Å². The summed E-state index contributed by atoms with van der Waals surface area (Å²) in [4.78, 5) is 84.2. The molecule has 5 rings (SSSR count). The lowest BCUT2D eigenvalue weighted by atomic mass is 9.54. The molecule has 1 aliphatic heterocycles. The third kappa shape index (κ3) is 5.41. The molecule has 0 radical (unpaired) electrons. The van der Waals surface area contributed by atoms with E-state index in [1.54, 1.807) is 45.9 Å². The van der Waals surface area contributed by atoms with Gasteiger partial charge in [0.25, 0.3) is 0 Å². The summed E-state index contributed by atoms with van der Waals surface area (Å²) in [5, 5.41) is 0. The number of ether oxygens (including phenoxy) is 6. The molecule has 13 nitrogen and oxygen atoms in total. The molecule has 3 aliphatic carbocycles. The molecular weight excluding hydrogens is 614 g/mol. The highest BCUT2D eigenvalue weighted by Crippen LogP contribution is 2.67. The van der Waals surface area contributed by atoms with Crippen LogP contribution in [0.3, 0.4) is 0 Å². The third-order valence-corrected chi connectivity index (χ3v) is 10.2. The molecule has 0 amide bonds. The normalized spacial score (nSPS) is 37.9. The number of pyridine rings is 1. The number of aromatic nitrogens is 1. The van der Waals surface area contributed by atoms with Crippen LogP contribution < -0.4 is 0 Å². The molecule has 10 atom stereocenters. The quantitative estimate of drug-likeness (QED) is 0.239. The average molecular weight is 656 g/mol. The van der Waals surface area contributed by atoms with Gasteiger partial charge in [0.15, 0.2) is 5.60 Å². The monoisotopic (exact) mass is 655 g/mol. The highest BCUT2D eigenvalue weighted by molar-refractivity contribution is 5.98. The fraction of sp³-hybridized carbons (Fsp3) is 0.618. The van der Waals surface area contributed by atoms with E-state index in [2.05, 4.69) is 4.98 Å². The Labute approximate surface area is 272 Å². The minimum atomic E-state index is -2.02. The average Bonchev–Trinajstić information content (AvgIpc) is 3.34. The smallest absolute Gasteiger partial charge is 0.340 e. The molecular formula is C34H41NO12. The van der Waals surface area contributed by atoms with Crippen molar-refractivity contribution in [2.45, 2.75) is 96.9 Å². The van der Waals surface area contributed by atoms with Gasteiger partial charge in [-0.2, -0.15) is 0 Å². The minimum Gasteiger partial charge on any atom is -0.465 e. The van der Waals surface area contributed by atoms with E-state index >= 15 is 4.79 Å². The second-order valence-corrected chi connectivity index (χ2v) is 13.8. The maximum Gasteiger partial charge on any atom is 0.340 e. The molecule has 254 valence electrons. The largest absolute Gasteiger partial charge is 0.465 e. The van der Waals surface area contributed by atoms with Gasteiger partial charge >= 0.3 is 29.8 Å². The third-order valence-electron chi connectivity index (χ3n) is 10.2. The predicted octanol–water partition coefficient (Wildman–Crippen LogP) is 2.93. The summed E-state index contributed by atoms with van der Waals surface area (Å²) in [5.74, 6) is -7.84. The van der Waals surface area contributed by atoms with Crippen molar-refractivity contribution in [2.75, 3.05) is 6.61 Å². The van der Waals surface area contributed by atoms with Gasteiger partial charge in [0.2, 0.25) is 5.78 Å². The van der Waals surface area contributed by atoms with E-state index in [9.17, 15) is 24.0 Å². The first-order valence-electron chi connectivity index (χ1n) is 15.6. The minimum absolute atomic E-state index is 0.0975. The van der Waals surface area contributed by atoms with Gasteiger partial charge in [-0.3, -0.25) is 29.0 Å². The maximum absolute atomic E-state index is 15.3. The Bertz CT molecular complexity index is 1520. The van der Waals surface area contributed by atoms with E-state index in [0.29, 0.717) is 0 Å². The first-order valence-corrected chi connectivity index (χ1v) is 15.6. The number of carbonyl (C=O) groups is 6. The fourth-order valence-corrected chi connectivity index (χ4v) is 8.93. The fourth-order valence-electron chi connectivity index (χ4n) is 8.93. The standard InChI is InChI=1S/C34H41NO12/c1-17-14-34(46-21(5)39)25(26(17)43-19(3)37)28(44-20(4)38)33(16-42-18(2)36)24(45-29(40)22-10-9-13-35-15-22)12-11-23-27(33)32(8,30(34)41)47-31(23,6)7/h9-13,15,17,23-28H,14,16H2,1-8H3/t17-,23-,24+,25+,26-,27-,28+,32-,33+,34+/m0/s1. The summed E-state index contributed by atoms with van der Waals surface area (Å²) in [7, 11) is 0. The Kier molecular flexibility index (Phi) is 8.62. The molecule has 0 spiro atoms. The summed E-state index contributed by atoms with van der Waals surface area (Å²) >= 11 is 0. The Morgan fingerprint density at radius 2 is 1.62 bits per heavy atom. The Morgan fingerprint density at radius 1 is 0.936 bits per heavy atom. The van der Waals surface area contributed by atoms with Crippen molar-refractivity contribution < 1.29 is 57.2 Å². The molecule has 4 aliphatic rings. The number of carbonyl (C=O) groups excluding carboxylic acids is 6. The lowest BCUT2D eigenvalue weighted by Crippen LogP contribution is -2.64. The lowest BCUT2D eigenvalue weighted by Gasteiger charge is -2.53. The molecule has 0 aromatic carbocycles. The summed E-state index contributed by atoms with van der Waals surface area (Å²) in [5.41, 5.74) is -6.46. The van der Waals surface area contributed by atoms with Crippen LogP contribution in [0.1, 0.15) is 72.2 Å². The zero-order chi connectivity index (χ0) is 34.7. The molecule has 0 unspecified atom stereocenters. The first kappa shape index (κ1) is 34.2. The Morgan fingerprint density at radius 3 is 2.19 bits per heavy atom. The molecule has 1 aromatic heterocycles. The van der Waals surface area contributed by atoms with Gasteiger partial charge in [-0.1, -0.05) is 13.0 Å². The van der Waals surface area contributed by atoms with Gasteiger partial charge < -0.3 is 28.4 Å².